The zero-order valence-corrected chi connectivity index (χ0v) is 6.83. The fraction of sp³-hybridized carbons (Fsp3) is 0. The molecule has 0 heterocycles. The van der Waals surface area contributed by atoms with E-state index in [2.05, 4.69) is 0 Å². The van der Waals surface area contributed by atoms with Crippen LogP contribution in [0.4, 0.5) is 0 Å². The van der Waals surface area contributed by atoms with Gasteiger partial charge in [-0.15, -0.1) is 0 Å². The molecule has 0 saturated carbocycles. The maximum absolute atomic E-state index is 8.46. The second-order valence-corrected chi connectivity index (χ2v) is 0.577. The molecule has 0 amide bonds. The Morgan fingerprint density at radius 3 is 1.00 bits per heavy atom. The van der Waals surface area contributed by atoms with Crippen molar-refractivity contribution in [3.05, 3.63) is 0 Å². The average Bonchev–Trinajstić information content (AvgIpc) is 1.39. The van der Waals surface area contributed by atoms with E-state index in [0.717, 1.165) is 0 Å². The standard InChI is InChI=1S/Al.2H3O2P/c;2*1-3-2/h;2*3H2,(H,1,2)/q+2;;/p-2. The summed E-state index contributed by atoms with van der Waals surface area (Å²) in [6, 6.07) is 0. The Morgan fingerprint density at radius 1 is 1.00 bits per heavy atom. The maximum atomic E-state index is 8.46. The third kappa shape index (κ3) is 200. The van der Waals surface area contributed by atoms with Gasteiger partial charge in [0.2, 0.25) is 0 Å². The molecule has 0 saturated heterocycles. The minimum Gasteiger partial charge on any atom is -0.804 e. The molecule has 7 heteroatoms. The minimum atomic E-state index is -1.75. The van der Waals surface area contributed by atoms with E-state index in [4.69, 9.17) is 18.9 Å². The van der Waals surface area contributed by atoms with Gasteiger partial charge in [0.1, 0.15) is 0 Å². The van der Waals surface area contributed by atoms with E-state index < -0.39 is 17.4 Å². The van der Waals surface area contributed by atoms with Gasteiger partial charge in [-0.25, -0.2) is 0 Å². The topological polar surface area (TPSA) is 80.3 Å². The average molecular weight is 157 g/mol. The van der Waals surface area contributed by atoms with E-state index in [0.29, 0.717) is 0 Å². The van der Waals surface area contributed by atoms with Crippen LogP contribution in [0.1, 0.15) is 0 Å². The molecule has 0 aromatic rings. The van der Waals surface area contributed by atoms with Crippen LogP contribution >= 0.6 is 17.4 Å². The van der Waals surface area contributed by atoms with E-state index in [-0.39, 0.29) is 17.4 Å². The SMILES string of the molecule is O=[PH2][O-].O=[PH2][O-].[Al+2]. The molecule has 0 spiro atoms. The summed E-state index contributed by atoms with van der Waals surface area (Å²) in [6.07, 6.45) is 0. The Kier molecular flexibility index (Phi) is 63.8. The Bertz CT molecular complexity index is 30.7. The molecule has 0 aliphatic heterocycles. The summed E-state index contributed by atoms with van der Waals surface area (Å²) < 4.78 is 16.9. The van der Waals surface area contributed by atoms with Gasteiger partial charge < -0.3 is 18.9 Å². The number of hydrogen-bond acceptors (Lipinski definition) is 4. The van der Waals surface area contributed by atoms with Crippen LogP contribution in [0.3, 0.4) is 0 Å². The van der Waals surface area contributed by atoms with Crippen LogP contribution in [0.15, 0.2) is 0 Å². The Balaban J connectivity index is -0.0000000400. The third-order valence-electron chi connectivity index (χ3n) is 0. The van der Waals surface area contributed by atoms with Gasteiger partial charge in [0.05, 0.1) is 0 Å². The molecule has 0 N–H and O–H groups in total. The van der Waals surface area contributed by atoms with E-state index in [1.165, 1.54) is 0 Å². The van der Waals surface area contributed by atoms with Crippen LogP contribution in [0.5, 0.6) is 0 Å². The Morgan fingerprint density at radius 2 is 1.00 bits per heavy atom. The van der Waals surface area contributed by atoms with Crippen molar-refractivity contribution in [2.24, 2.45) is 0 Å². The van der Waals surface area contributed by atoms with Crippen LogP contribution in [0.2, 0.25) is 0 Å². The van der Waals surface area contributed by atoms with Crippen molar-refractivity contribution in [3.8, 4) is 0 Å². The van der Waals surface area contributed by atoms with Crippen LogP contribution in [0.25, 0.3) is 0 Å². The number of rotatable bonds is 0. The first kappa shape index (κ1) is 15.7. The van der Waals surface area contributed by atoms with Gasteiger partial charge >= 0.3 is 17.4 Å². The smallest absolute Gasteiger partial charge is 0.804 e. The summed E-state index contributed by atoms with van der Waals surface area (Å²) in [5.74, 6) is 0. The van der Waals surface area contributed by atoms with E-state index in [9.17, 15) is 0 Å². The molecule has 0 bridgehead atoms. The fourth-order valence-corrected chi connectivity index (χ4v) is 0. The molecule has 2 atom stereocenters. The van der Waals surface area contributed by atoms with Crippen LogP contribution in [-0.4, -0.2) is 17.4 Å². The molecule has 0 aromatic carbocycles. The molecular weight excluding hydrogens is 153 g/mol. The van der Waals surface area contributed by atoms with Crippen molar-refractivity contribution in [1.82, 2.24) is 0 Å². The Hall–Kier alpha value is 0.912. The van der Waals surface area contributed by atoms with Crippen molar-refractivity contribution in [2.75, 3.05) is 0 Å². The molecular formula is H4AlO4P2. The largest absolute Gasteiger partial charge is 2.00 e. The molecule has 0 rings (SSSR count). The fourth-order valence-electron chi connectivity index (χ4n) is 0. The van der Waals surface area contributed by atoms with Crippen molar-refractivity contribution in [3.63, 3.8) is 0 Å². The van der Waals surface area contributed by atoms with Crippen LogP contribution in [-0.2, 0) is 9.13 Å². The summed E-state index contributed by atoms with van der Waals surface area (Å²) in [4.78, 5) is 16.9. The van der Waals surface area contributed by atoms with Gasteiger partial charge in [-0.05, 0) is 17.4 Å². The van der Waals surface area contributed by atoms with Gasteiger partial charge in [-0.2, -0.15) is 0 Å². The minimum absolute atomic E-state index is 0. The molecule has 41 valence electrons. The van der Waals surface area contributed by atoms with E-state index in [1.54, 1.807) is 0 Å². The van der Waals surface area contributed by atoms with Gasteiger partial charge in [0.25, 0.3) is 0 Å². The molecule has 4 nitrogen and oxygen atoms in total. The van der Waals surface area contributed by atoms with Gasteiger partial charge in [0, 0.05) is 0 Å². The zero-order valence-electron chi connectivity index (χ0n) is 3.37. The second-order valence-electron chi connectivity index (χ2n) is 0.192. The van der Waals surface area contributed by atoms with E-state index >= 15 is 0 Å². The first-order valence-corrected chi connectivity index (χ1v) is 2.83. The van der Waals surface area contributed by atoms with Gasteiger partial charge in [-0.3, -0.25) is 0 Å². The van der Waals surface area contributed by atoms with Crippen LogP contribution in [0, 0.1) is 0 Å². The predicted octanol–water partition coefficient (Wildman–Crippen LogP) is -2.34. The normalized spacial score (nSPS) is 8.29. The van der Waals surface area contributed by atoms with Crippen LogP contribution < -0.4 is 9.79 Å². The first-order valence-electron chi connectivity index (χ1n) is 0.943. The molecule has 0 aromatic heterocycles. The summed E-state index contributed by atoms with van der Waals surface area (Å²) in [7, 11) is -3.50. The summed E-state index contributed by atoms with van der Waals surface area (Å²) in [5.41, 5.74) is 0. The molecule has 0 aliphatic carbocycles. The summed E-state index contributed by atoms with van der Waals surface area (Å²) in [5, 5.41) is 0. The molecule has 2 unspecified atom stereocenters. The van der Waals surface area contributed by atoms with Crippen molar-refractivity contribution < 1.29 is 18.9 Å². The third-order valence-corrected chi connectivity index (χ3v) is 0. The molecule has 1 radical (unpaired) electrons. The van der Waals surface area contributed by atoms with Crippen molar-refractivity contribution in [2.45, 2.75) is 0 Å². The Labute approximate surface area is 54.3 Å². The summed E-state index contributed by atoms with van der Waals surface area (Å²) >= 11 is 0. The zero-order chi connectivity index (χ0) is 5.41. The van der Waals surface area contributed by atoms with Gasteiger partial charge in [0.15, 0.2) is 0 Å². The van der Waals surface area contributed by atoms with E-state index in [1.807, 2.05) is 0 Å². The second kappa shape index (κ2) is 28.5. The maximum Gasteiger partial charge on any atom is 2.00 e. The predicted molar refractivity (Wildman–Crippen MR) is 26.5 cm³/mol. The van der Waals surface area contributed by atoms with Crippen molar-refractivity contribution >= 4 is 34.7 Å². The first-order chi connectivity index (χ1) is 2.83. The molecule has 0 fully saturated rings. The summed E-state index contributed by atoms with van der Waals surface area (Å²) in [6.45, 7) is 0. The molecule has 0 aliphatic rings. The van der Waals surface area contributed by atoms with Gasteiger partial charge in [-0.1, -0.05) is 0 Å². The quantitative estimate of drug-likeness (QED) is 0.291. The monoisotopic (exact) mass is 157 g/mol. The van der Waals surface area contributed by atoms with Crippen molar-refractivity contribution in [1.29, 1.82) is 0 Å². The number of hydrogen-bond donors (Lipinski definition) is 0. The molecule has 7 heavy (non-hydrogen) atoms.